The number of aromatic hydroxyl groups is 1. The third-order valence-electron chi connectivity index (χ3n) is 4.95. The van der Waals surface area contributed by atoms with Crippen LogP contribution in [0.3, 0.4) is 0 Å². The lowest BCUT2D eigenvalue weighted by molar-refractivity contribution is 0.475. The van der Waals surface area contributed by atoms with Crippen molar-refractivity contribution in [2.24, 2.45) is 5.73 Å². The van der Waals surface area contributed by atoms with Gasteiger partial charge in [0.05, 0.1) is 23.1 Å². The van der Waals surface area contributed by atoms with Gasteiger partial charge in [0.15, 0.2) is 0 Å². The second-order valence-electron chi connectivity index (χ2n) is 7.03. The van der Waals surface area contributed by atoms with Crippen molar-refractivity contribution >= 4 is 10.9 Å². The molecule has 7 heteroatoms. The second kappa shape index (κ2) is 7.89. The molecule has 7 nitrogen and oxygen atoms in total. The van der Waals surface area contributed by atoms with Crippen molar-refractivity contribution in [3.8, 4) is 34.3 Å². The van der Waals surface area contributed by atoms with Crippen LogP contribution in [0, 0.1) is 0 Å². The first-order valence-corrected chi connectivity index (χ1v) is 9.78. The van der Waals surface area contributed by atoms with E-state index in [0.29, 0.717) is 17.9 Å². The van der Waals surface area contributed by atoms with E-state index in [2.05, 4.69) is 10.3 Å². The van der Waals surface area contributed by atoms with E-state index in [-0.39, 0.29) is 5.75 Å². The van der Waals surface area contributed by atoms with E-state index >= 15 is 0 Å². The standard InChI is InChI=1S/C24H19N5O2/c25-14-16-4-10-19(11-5-16)31-24-3-1-2-21-20(24)12-13-22(26-21)23-15-29(28-27-23)17-6-8-18(30)9-7-17/h1-13,15,30H,14,25H2. The van der Waals surface area contributed by atoms with Crippen molar-refractivity contribution in [3.05, 3.63) is 90.6 Å². The summed E-state index contributed by atoms with van der Waals surface area (Å²) in [6.07, 6.45) is 1.81. The Kier molecular flexibility index (Phi) is 4.78. The van der Waals surface area contributed by atoms with E-state index in [9.17, 15) is 5.11 Å². The Morgan fingerprint density at radius 1 is 0.871 bits per heavy atom. The first-order valence-electron chi connectivity index (χ1n) is 9.78. The van der Waals surface area contributed by atoms with E-state index < -0.39 is 0 Å². The molecule has 0 atom stereocenters. The van der Waals surface area contributed by atoms with E-state index in [0.717, 1.165) is 33.7 Å². The number of fused-ring (bicyclic) bond motifs is 1. The van der Waals surface area contributed by atoms with Gasteiger partial charge in [0.2, 0.25) is 0 Å². The van der Waals surface area contributed by atoms with Gasteiger partial charge in [0.25, 0.3) is 0 Å². The van der Waals surface area contributed by atoms with Crippen LogP contribution in [0.25, 0.3) is 28.0 Å². The Hall–Kier alpha value is -4.23. The summed E-state index contributed by atoms with van der Waals surface area (Å²) in [4.78, 5) is 4.74. The quantitative estimate of drug-likeness (QED) is 0.445. The Bertz CT molecular complexity index is 1350. The molecule has 0 radical (unpaired) electrons. The van der Waals surface area contributed by atoms with Gasteiger partial charge in [0, 0.05) is 11.9 Å². The van der Waals surface area contributed by atoms with Crippen LogP contribution in [-0.2, 0) is 6.54 Å². The monoisotopic (exact) mass is 409 g/mol. The number of nitrogens with two attached hydrogens (primary N) is 1. The van der Waals surface area contributed by atoms with Crippen molar-refractivity contribution < 1.29 is 9.84 Å². The number of phenols is 1. The summed E-state index contributed by atoms with van der Waals surface area (Å²) in [7, 11) is 0. The van der Waals surface area contributed by atoms with Gasteiger partial charge in [0.1, 0.15) is 22.9 Å². The van der Waals surface area contributed by atoms with Gasteiger partial charge in [-0.05, 0) is 66.2 Å². The summed E-state index contributed by atoms with van der Waals surface area (Å²) >= 11 is 0. The fourth-order valence-corrected chi connectivity index (χ4v) is 3.29. The molecule has 0 bridgehead atoms. The molecule has 2 aromatic heterocycles. The zero-order valence-corrected chi connectivity index (χ0v) is 16.5. The SMILES string of the molecule is NCc1ccc(Oc2cccc3nc(-c4cn(-c5ccc(O)cc5)nn4)ccc23)cc1. The lowest BCUT2D eigenvalue weighted by Crippen LogP contribution is -1.95. The Balaban J connectivity index is 1.45. The number of benzene rings is 3. The summed E-state index contributed by atoms with van der Waals surface area (Å²) in [5.41, 5.74) is 9.67. The van der Waals surface area contributed by atoms with Gasteiger partial charge in [-0.15, -0.1) is 5.10 Å². The highest BCUT2D eigenvalue weighted by Gasteiger charge is 2.10. The first-order chi connectivity index (χ1) is 15.2. The lowest BCUT2D eigenvalue weighted by atomic mass is 10.1. The van der Waals surface area contributed by atoms with Crippen molar-refractivity contribution in [1.82, 2.24) is 20.0 Å². The minimum atomic E-state index is 0.202. The largest absolute Gasteiger partial charge is 0.508 e. The number of ether oxygens (including phenoxy) is 1. The fourth-order valence-electron chi connectivity index (χ4n) is 3.29. The van der Waals surface area contributed by atoms with Gasteiger partial charge in [-0.25, -0.2) is 9.67 Å². The Morgan fingerprint density at radius 3 is 2.45 bits per heavy atom. The zero-order chi connectivity index (χ0) is 21.2. The maximum absolute atomic E-state index is 9.46. The maximum atomic E-state index is 9.46. The average Bonchev–Trinajstić information content (AvgIpc) is 3.30. The van der Waals surface area contributed by atoms with Crippen molar-refractivity contribution in [2.75, 3.05) is 0 Å². The van der Waals surface area contributed by atoms with E-state index in [4.69, 9.17) is 15.5 Å². The number of aromatic nitrogens is 4. The van der Waals surface area contributed by atoms with Gasteiger partial charge >= 0.3 is 0 Å². The molecule has 5 rings (SSSR count). The average molecular weight is 409 g/mol. The third kappa shape index (κ3) is 3.82. The smallest absolute Gasteiger partial charge is 0.136 e. The summed E-state index contributed by atoms with van der Waals surface area (Å²) in [6, 6.07) is 24.1. The number of rotatable bonds is 5. The van der Waals surface area contributed by atoms with Crippen LogP contribution >= 0.6 is 0 Å². The molecule has 0 amide bonds. The normalized spacial score (nSPS) is 11.0. The number of nitrogens with zero attached hydrogens (tertiary/aromatic N) is 4. The molecular weight excluding hydrogens is 390 g/mol. The van der Waals surface area contributed by atoms with Crippen LogP contribution in [0.1, 0.15) is 5.56 Å². The van der Waals surface area contributed by atoms with E-state index in [1.54, 1.807) is 35.1 Å². The first kappa shape index (κ1) is 18.8. The summed E-state index contributed by atoms with van der Waals surface area (Å²) < 4.78 is 7.72. The molecule has 2 heterocycles. The lowest BCUT2D eigenvalue weighted by Gasteiger charge is -2.09. The van der Waals surface area contributed by atoms with Gasteiger partial charge in [-0.1, -0.05) is 23.4 Å². The molecule has 3 N–H and O–H groups in total. The third-order valence-corrected chi connectivity index (χ3v) is 4.95. The Morgan fingerprint density at radius 2 is 1.68 bits per heavy atom. The number of phenolic OH excluding ortho intramolecular Hbond substituents is 1. The highest BCUT2D eigenvalue weighted by atomic mass is 16.5. The molecule has 0 aliphatic rings. The van der Waals surface area contributed by atoms with Crippen LogP contribution in [0.5, 0.6) is 17.2 Å². The molecule has 0 saturated carbocycles. The van der Waals surface area contributed by atoms with E-state index in [1.165, 1.54) is 0 Å². The minimum Gasteiger partial charge on any atom is -0.508 e. The van der Waals surface area contributed by atoms with Gasteiger partial charge in [-0.3, -0.25) is 0 Å². The molecular formula is C24H19N5O2. The summed E-state index contributed by atoms with van der Waals surface area (Å²) in [5, 5.41) is 18.8. The topological polar surface area (TPSA) is 99.1 Å². The van der Waals surface area contributed by atoms with Crippen molar-refractivity contribution in [3.63, 3.8) is 0 Å². The van der Waals surface area contributed by atoms with Gasteiger partial charge in [-0.2, -0.15) is 0 Å². The van der Waals surface area contributed by atoms with Crippen molar-refractivity contribution in [1.29, 1.82) is 0 Å². The van der Waals surface area contributed by atoms with Crippen LogP contribution in [0.15, 0.2) is 85.1 Å². The molecule has 0 saturated heterocycles. The van der Waals surface area contributed by atoms with E-state index in [1.807, 2.05) is 54.6 Å². The molecule has 0 spiro atoms. The molecule has 0 aliphatic heterocycles. The molecule has 31 heavy (non-hydrogen) atoms. The van der Waals surface area contributed by atoms with Gasteiger partial charge < -0.3 is 15.6 Å². The van der Waals surface area contributed by atoms with Crippen LogP contribution in [-0.4, -0.2) is 25.1 Å². The van der Waals surface area contributed by atoms with Crippen LogP contribution in [0.4, 0.5) is 0 Å². The zero-order valence-electron chi connectivity index (χ0n) is 16.5. The number of pyridine rings is 1. The second-order valence-corrected chi connectivity index (χ2v) is 7.03. The Labute approximate surface area is 178 Å². The predicted molar refractivity (Wildman–Crippen MR) is 118 cm³/mol. The molecule has 0 aliphatic carbocycles. The molecule has 5 aromatic rings. The summed E-state index contributed by atoms with van der Waals surface area (Å²) in [5.74, 6) is 1.67. The number of hydrogen-bond donors (Lipinski definition) is 2. The van der Waals surface area contributed by atoms with Crippen LogP contribution in [0.2, 0.25) is 0 Å². The maximum Gasteiger partial charge on any atom is 0.136 e. The molecule has 3 aromatic carbocycles. The fraction of sp³-hybridized carbons (Fsp3) is 0.0417. The van der Waals surface area contributed by atoms with Crippen LogP contribution < -0.4 is 10.5 Å². The molecule has 0 fully saturated rings. The summed E-state index contributed by atoms with van der Waals surface area (Å²) in [6.45, 7) is 0.499. The number of hydrogen-bond acceptors (Lipinski definition) is 6. The predicted octanol–water partition coefficient (Wildman–Crippen LogP) is 4.44. The van der Waals surface area contributed by atoms with Crippen molar-refractivity contribution in [2.45, 2.75) is 6.54 Å². The highest BCUT2D eigenvalue weighted by molar-refractivity contribution is 5.87. The minimum absolute atomic E-state index is 0.202. The molecule has 152 valence electrons. The highest BCUT2D eigenvalue weighted by Crippen LogP contribution is 2.31. The molecule has 0 unspecified atom stereocenters.